The smallest absolute Gasteiger partial charge is 0.0730 e. The molecule has 1 saturated carbocycles. The summed E-state index contributed by atoms with van der Waals surface area (Å²) < 4.78 is 2.07. The van der Waals surface area contributed by atoms with Crippen molar-refractivity contribution >= 4 is 5.69 Å². The number of hydrogen-bond donors (Lipinski definition) is 1. The monoisotopic (exact) mass is 207 g/mol. The minimum absolute atomic E-state index is 0.805. The van der Waals surface area contributed by atoms with E-state index >= 15 is 0 Å². The van der Waals surface area contributed by atoms with Crippen LogP contribution in [0.5, 0.6) is 0 Å². The van der Waals surface area contributed by atoms with Crippen molar-refractivity contribution in [3.05, 3.63) is 11.9 Å². The summed E-state index contributed by atoms with van der Waals surface area (Å²) in [6, 6.07) is 0. The van der Waals surface area contributed by atoms with Crippen molar-refractivity contribution in [3.63, 3.8) is 0 Å². The van der Waals surface area contributed by atoms with Gasteiger partial charge in [0.2, 0.25) is 0 Å². The molecule has 0 spiro atoms. The van der Waals surface area contributed by atoms with E-state index in [2.05, 4.69) is 16.7 Å². The number of nitrogen functional groups attached to an aromatic ring is 1. The number of nitrogens with two attached hydrogens (primary N) is 1. The average Bonchev–Trinajstić information content (AvgIpc) is 2.53. The van der Waals surface area contributed by atoms with Crippen LogP contribution in [-0.4, -0.2) is 9.78 Å². The molecule has 0 atom stereocenters. The molecule has 15 heavy (non-hydrogen) atoms. The molecule has 84 valence electrons. The van der Waals surface area contributed by atoms with Crippen LogP contribution < -0.4 is 5.73 Å². The molecular weight excluding hydrogens is 186 g/mol. The summed E-state index contributed by atoms with van der Waals surface area (Å²) in [5.74, 6) is 1.73. The first-order chi connectivity index (χ1) is 7.16. The number of rotatable bonds is 2. The van der Waals surface area contributed by atoms with Crippen LogP contribution in [-0.2, 0) is 6.54 Å². The van der Waals surface area contributed by atoms with Gasteiger partial charge in [0.1, 0.15) is 0 Å². The summed E-state index contributed by atoms with van der Waals surface area (Å²) in [6.07, 6.45) is 7.21. The number of nitrogens with zero attached hydrogens (tertiary/aromatic N) is 2. The van der Waals surface area contributed by atoms with Crippen LogP contribution >= 0.6 is 0 Å². The predicted octanol–water partition coefficient (Wildman–Crippen LogP) is 2.60. The highest BCUT2D eigenvalue weighted by molar-refractivity contribution is 5.39. The molecule has 0 unspecified atom stereocenters. The van der Waals surface area contributed by atoms with Crippen LogP contribution in [0.4, 0.5) is 5.69 Å². The van der Waals surface area contributed by atoms with Gasteiger partial charge in [-0.1, -0.05) is 19.8 Å². The first kappa shape index (κ1) is 10.5. The standard InChI is InChI=1S/C12H21N3/c1-9-3-5-11(6-4-9)8-15-10(2)12(13)7-14-15/h7,9,11H,3-6,8,13H2,1-2H3. The Balaban J connectivity index is 1.94. The molecule has 1 aliphatic carbocycles. The third-order valence-electron chi connectivity index (χ3n) is 3.71. The first-order valence-corrected chi connectivity index (χ1v) is 5.94. The van der Waals surface area contributed by atoms with Crippen LogP contribution in [0.15, 0.2) is 6.20 Å². The van der Waals surface area contributed by atoms with Gasteiger partial charge in [-0.15, -0.1) is 0 Å². The zero-order valence-electron chi connectivity index (χ0n) is 9.74. The number of anilines is 1. The summed E-state index contributed by atoms with van der Waals surface area (Å²) >= 11 is 0. The number of hydrogen-bond acceptors (Lipinski definition) is 2. The lowest BCUT2D eigenvalue weighted by Gasteiger charge is -2.26. The molecular formula is C12H21N3. The second kappa shape index (κ2) is 4.25. The van der Waals surface area contributed by atoms with Crippen molar-refractivity contribution in [1.82, 2.24) is 9.78 Å². The van der Waals surface area contributed by atoms with Gasteiger partial charge in [-0.05, 0) is 31.6 Å². The molecule has 2 N–H and O–H groups in total. The predicted molar refractivity (Wildman–Crippen MR) is 62.5 cm³/mol. The van der Waals surface area contributed by atoms with E-state index in [9.17, 15) is 0 Å². The highest BCUT2D eigenvalue weighted by atomic mass is 15.3. The van der Waals surface area contributed by atoms with Crippen molar-refractivity contribution in [2.24, 2.45) is 11.8 Å². The van der Waals surface area contributed by atoms with Gasteiger partial charge in [-0.3, -0.25) is 4.68 Å². The van der Waals surface area contributed by atoms with Crippen molar-refractivity contribution in [2.45, 2.75) is 46.1 Å². The fraction of sp³-hybridized carbons (Fsp3) is 0.750. The van der Waals surface area contributed by atoms with Gasteiger partial charge in [0, 0.05) is 6.54 Å². The first-order valence-electron chi connectivity index (χ1n) is 5.94. The third kappa shape index (κ3) is 2.33. The van der Waals surface area contributed by atoms with Gasteiger partial charge in [0.05, 0.1) is 17.6 Å². The lowest BCUT2D eigenvalue weighted by molar-refractivity contribution is 0.256. The van der Waals surface area contributed by atoms with E-state index in [0.29, 0.717) is 0 Å². The highest BCUT2D eigenvalue weighted by Crippen LogP contribution is 2.29. The van der Waals surface area contributed by atoms with Gasteiger partial charge < -0.3 is 5.73 Å². The quantitative estimate of drug-likeness (QED) is 0.810. The Morgan fingerprint density at radius 1 is 1.40 bits per heavy atom. The van der Waals surface area contributed by atoms with Gasteiger partial charge in [0.25, 0.3) is 0 Å². The molecule has 1 aliphatic rings. The molecule has 0 bridgehead atoms. The van der Waals surface area contributed by atoms with E-state index in [1.54, 1.807) is 6.20 Å². The van der Waals surface area contributed by atoms with Crippen molar-refractivity contribution in [1.29, 1.82) is 0 Å². The van der Waals surface area contributed by atoms with Gasteiger partial charge >= 0.3 is 0 Å². The Hall–Kier alpha value is -0.990. The maximum absolute atomic E-state index is 5.78. The summed E-state index contributed by atoms with van der Waals surface area (Å²) in [5, 5.41) is 4.32. The second-order valence-corrected chi connectivity index (χ2v) is 4.99. The lowest BCUT2D eigenvalue weighted by atomic mass is 9.83. The van der Waals surface area contributed by atoms with Gasteiger partial charge in [-0.25, -0.2) is 0 Å². The van der Waals surface area contributed by atoms with Crippen LogP contribution in [0.3, 0.4) is 0 Å². The summed E-state index contributed by atoms with van der Waals surface area (Å²) in [7, 11) is 0. The van der Waals surface area contributed by atoms with E-state index in [-0.39, 0.29) is 0 Å². The zero-order chi connectivity index (χ0) is 10.8. The number of aromatic nitrogens is 2. The molecule has 0 aliphatic heterocycles. The van der Waals surface area contributed by atoms with E-state index in [0.717, 1.165) is 29.8 Å². The fourth-order valence-corrected chi connectivity index (χ4v) is 2.40. The summed E-state index contributed by atoms with van der Waals surface area (Å²) in [4.78, 5) is 0. The Morgan fingerprint density at radius 3 is 2.60 bits per heavy atom. The maximum atomic E-state index is 5.78. The molecule has 3 heteroatoms. The van der Waals surface area contributed by atoms with Crippen molar-refractivity contribution in [3.8, 4) is 0 Å². The molecule has 0 radical (unpaired) electrons. The lowest BCUT2D eigenvalue weighted by Crippen LogP contribution is -2.19. The summed E-state index contributed by atoms with van der Waals surface area (Å²) in [6.45, 7) is 5.46. The van der Waals surface area contributed by atoms with E-state index < -0.39 is 0 Å². The summed E-state index contributed by atoms with van der Waals surface area (Å²) in [5.41, 5.74) is 7.72. The Morgan fingerprint density at radius 2 is 2.07 bits per heavy atom. The molecule has 1 aromatic rings. The fourth-order valence-electron chi connectivity index (χ4n) is 2.40. The molecule has 0 amide bonds. The van der Waals surface area contributed by atoms with Crippen LogP contribution in [0.1, 0.15) is 38.3 Å². The zero-order valence-corrected chi connectivity index (χ0v) is 9.74. The van der Waals surface area contributed by atoms with Gasteiger partial charge in [0.15, 0.2) is 0 Å². The topological polar surface area (TPSA) is 43.8 Å². The largest absolute Gasteiger partial charge is 0.396 e. The Bertz CT molecular complexity index is 322. The molecule has 1 heterocycles. The Kier molecular flexibility index (Phi) is 2.98. The molecule has 0 aromatic carbocycles. The maximum Gasteiger partial charge on any atom is 0.0730 e. The highest BCUT2D eigenvalue weighted by Gasteiger charge is 2.19. The molecule has 3 nitrogen and oxygen atoms in total. The average molecular weight is 207 g/mol. The third-order valence-corrected chi connectivity index (χ3v) is 3.71. The minimum Gasteiger partial charge on any atom is -0.396 e. The van der Waals surface area contributed by atoms with E-state index in [1.165, 1.54) is 25.7 Å². The second-order valence-electron chi connectivity index (χ2n) is 4.99. The minimum atomic E-state index is 0.805. The molecule has 1 aromatic heterocycles. The molecule has 2 rings (SSSR count). The molecule has 1 fully saturated rings. The van der Waals surface area contributed by atoms with Crippen molar-refractivity contribution in [2.75, 3.05) is 5.73 Å². The van der Waals surface area contributed by atoms with Crippen LogP contribution in [0.25, 0.3) is 0 Å². The van der Waals surface area contributed by atoms with Crippen LogP contribution in [0.2, 0.25) is 0 Å². The SMILES string of the molecule is Cc1c(N)cnn1CC1CCC(C)CC1. The normalized spacial score (nSPS) is 26.8. The van der Waals surface area contributed by atoms with E-state index in [1.807, 2.05) is 6.92 Å². The van der Waals surface area contributed by atoms with Gasteiger partial charge in [-0.2, -0.15) is 5.10 Å². The van der Waals surface area contributed by atoms with Crippen LogP contribution in [0, 0.1) is 18.8 Å². The molecule has 0 saturated heterocycles. The van der Waals surface area contributed by atoms with Crippen molar-refractivity contribution < 1.29 is 0 Å². The van der Waals surface area contributed by atoms with E-state index in [4.69, 9.17) is 5.73 Å². The Labute approximate surface area is 91.7 Å².